The van der Waals surface area contributed by atoms with Gasteiger partial charge in [-0.2, -0.15) is 5.10 Å². The van der Waals surface area contributed by atoms with E-state index in [-0.39, 0.29) is 11.6 Å². The molecule has 96 valence electrons. The smallest absolute Gasteiger partial charge is 0.294 e. The fourth-order valence-electron chi connectivity index (χ4n) is 2.14. The molecule has 0 fully saturated rings. The number of benzene rings is 1. The first-order chi connectivity index (χ1) is 9.24. The van der Waals surface area contributed by atoms with Gasteiger partial charge in [0.2, 0.25) is 0 Å². The molecular formula is C13H12N4O2. The number of amides is 2. The van der Waals surface area contributed by atoms with Gasteiger partial charge in [-0.05, 0) is 24.1 Å². The lowest BCUT2D eigenvalue weighted by Crippen LogP contribution is -2.33. The fourth-order valence-corrected chi connectivity index (χ4v) is 2.14. The lowest BCUT2D eigenvalue weighted by atomic mass is 10.2. The molecule has 1 aliphatic heterocycles. The normalized spacial score (nSPS) is 13.2. The molecule has 1 aliphatic rings. The Balaban J connectivity index is 1.79. The molecule has 0 spiro atoms. The predicted molar refractivity (Wildman–Crippen MR) is 71.4 cm³/mol. The first kappa shape index (κ1) is 11.5. The van der Waals surface area contributed by atoms with Gasteiger partial charge in [0.1, 0.15) is 0 Å². The largest absolute Gasteiger partial charge is 0.327 e. The van der Waals surface area contributed by atoms with Crippen molar-refractivity contribution in [2.75, 3.05) is 16.8 Å². The quantitative estimate of drug-likeness (QED) is 0.808. The van der Waals surface area contributed by atoms with E-state index in [4.69, 9.17) is 0 Å². The molecule has 0 radical (unpaired) electrons. The maximum absolute atomic E-state index is 12.1. The molecule has 2 N–H and O–H groups in total. The van der Waals surface area contributed by atoms with Crippen LogP contribution < -0.4 is 15.8 Å². The average molecular weight is 256 g/mol. The summed E-state index contributed by atoms with van der Waals surface area (Å²) >= 11 is 0. The standard InChI is InChI=1S/C13H12N4O2/c18-12-6-5-11(15-16-12)14-13(19)17-8-7-9-3-1-2-4-10(9)17/h1-6H,7-8H2,(H,16,18)(H,14,15,19). The van der Waals surface area contributed by atoms with Crippen LogP contribution in [-0.4, -0.2) is 22.8 Å². The van der Waals surface area contributed by atoms with Crippen LogP contribution in [0.25, 0.3) is 0 Å². The summed E-state index contributed by atoms with van der Waals surface area (Å²) in [5, 5.41) is 8.68. The number of carbonyl (C=O) groups excluding carboxylic acids is 1. The Morgan fingerprint density at radius 2 is 2.11 bits per heavy atom. The van der Waals surface area contributed by atoms with Gasteiger partial charge in [0.25, 0.3) is 5.56 Å². The lowest BCUT2D eigenvalue weighted by molar-refractivity contribution is 0.257. The van der Waals surface area contributed by atoms with Crippen molar-refractivity contribution in [1.29, 1.82) is 0 Å². The number of anilines is 2. The van der Waals surface area contributed by atoms with Crippen molar-refractivity contribution in [3.63, 3.8) is 0 Å². The Kier molecular flexibility index (Phi) is 2.75. The van der Waals surface area contributed by atoms with E-state index in [1.165, 1.54) is 12.1 Å². The summed E-state index contributed by atoms with van der Waals surface area (Å²) < 4.78 is 0. The Bertz CT molecular complexity index is 660. The van der Waals surface area contributed by atoms with Crippen LogP contribution in [0.2, 0.25) is 0 Å². The first-order valence-electron chi connectivity index (χ1n) is 5.96. The maximum Gasteiger partial charge on any atom is 0.327 e. The first-order valence-corrected chi connectivity index (χ1v) is 5.96. The van der Waals surface area contributed by atoms with Gasteiger partial charge >= 0.3 is 6.03 Å². The lowest BCUT2D eigenvalue weighted by Gasteiger charge is -2.17. The maximum atomic E-state index is 12.1. The number of aromatic nitrogens is 2. The third-order valence-electron chi connectivity index (χ3n) is 3.05. The number of carbonyl (C=O) groups is 1. The molecule has 1 aromatic heterocycles. The number of nitrogens with zero attached hydrogens (tertiary/aromatic N) is 2. The Morgan fingerprint density at radius 1 is 1.26 bits per heavy atom. The Morgan fingerprint density at radius 3 is 2.89 bits per heavy atom. The average Bonchev–Trinajstić information content (AvgIpc) is 2.85. The summed E-state index contributed by atoms with van der Waals surface area (Å²) in [6, 6.07) is 10.3. The van der Waals surface area contributed by atoms with Gasteiger partial charge in [-0.15, -0.1) is 0 Å². The van der Waals surface area contributed by atoms with Crippen molar-refractivity contribution in [2.24, 2.45) is 0 Å². The molecule has 2 heterocycles. The van der Waals surface area contributed by atoms with Gasteiger partial charge in [0.15, 0.2) is 5.82 Å². The molecule has 2 amide bonds. The van der Waals surface area contributed by atoms with Gasteiger partial charge in [-0.25, -0.2) is 9.89 Å². The van der Waals surface area contributed by atoms with Gasteiger partial charge in [-0.1, -0.05) is 18.2 Å². The van der Waals surface area contributed by atoms with Crippen LogP contribution in [0.3, 0.4) is 0 Å². The zero-order valence-electron chi connectivity index (χ0n) is 10.1. The number of hydrogen-bond acceptors (Lipinski definition) is 3. The van der Waals surface area contributed by atoms with Crippen molar-refractivity contribution in [3.05, 3.63) is 52.3 Å². The van der Waals surface area contributed by atoms with Crippen LogP contribution in [0.5, 0.6) is 0 Å². The van der Waals surface area contributed by atoms with Gasteiger partial charge < -0.3 is 0 Å². The predicted octanol–water partition coefficient (Wildman–Crippen LogP) is 1.36. The summed E-state index contributed by atoms with van der Waals surface area (Å²) in [5.41, 5.74) is 1.78. The van der Waals surface area contributed by atoms with Crippen LogP contribution >= 0.6 is 0 Å². The van der Waals surface area contributed by atoms with E-state index in [1.807, 2.05) is 24.3 Å². The third kappa shape index (κ3) is 2.20. The minimum atomic E-state index is -0.301. The van der Waals surface area contributed by atoms with E-state index >= 15 is 0 Å². The molecule has 0 unspecified atom stereocenters. The van der Waals surface area contributed by atoms with E-state index in [0.717, 1.165) is 17.7 Å². The summed E-state index contributed by atoms with van der Waals surface area (Å²) in [6.45, 7) is 0.647. The van der Waals surface area contributed by atoms with Crippen LogP contribution in [0.4, 0.5) is 16.3 Å². The zero-order chi connectivity index (χ0) is 13.2. The number of hydrogen-bond donors (Lipinski definition) is 2. The second kappa shape index (κ2) is 4.56. The van der Waals surface area contributed by atoms with Crippen molar-refractivity contribution in [3.8, 4) is 0 Å². The third-order valence-corrected chi connectivity index (χ3v) is 3.05. The van der Waals surface area contributed by atoms with Crippen LogP contribution in [0, 0.1) is 0 Å². The number of para-hydroxylation sites is 1. The number of nitrogens with one attached hydrogen (secondary N) is 2. The molecule has 0 saturated carbocycles. The van der Waals surface area contributed by atoms with Crippen molar-refractivity contribution >= 4 is 17.5 Å². The molecule has 19 heavy (non-hydrogen) atoms. The topological polar surface area (TPSA) is 78.1 Å². The molecule has 0 atom stereocenters. The van der Waals surface area contributed by atoms with Crippen LogP contribution in [-0.2, 0) is 6.42 Å². The summed E-state index contributed by atoms with van der Waals surface area (Å²) in [5.74, 6) is 0.328. The molecule has 6 nitrogen and oxygen atoms in total. The van der Waals surface area contributed by atoms with Crippen molar-refractivity contribution in [1.82, 2.24) is 10.2 Å². The molecule has 1 aromatic carbocycles. The van der Waals surface area contributed by atoms with Crippen LogP contribution in [0.1, 0.15) is 5.56 Å². The zero-order valence-corrected chi connectivity index (χ0v) is 10.1. The van der Waals surface area contributed by atoms with Gasteiger partial charge in [0, 0.05) is 18.3 Å². The van der Waals surface area contributed by atoms with E-state index in [0.29, 0.717) is 12.4 Å². The highest BCUT2D eigenvalue weighted by molar-refractivity contribution is 6.02. The van der Waals surface area contributed by atoms with Crippen LogP contribution in [0.15, 0.2) is 41.2 Å². The highest BCUT2D eigenvalue weighted by atomic mass is 16.2. The van der Waals surface area contributed by atoms with Crippen molar-refractivity contribution < 1.29 is 4.79 Å². The van der Waals surface area contributed by atoms with Gasteiger partial charge in [0.05, 0.1) is 0 Å². The summed E-state index contributed by atoms with van der Waals surface area (Å²) in [4.78, 5) is 24.7. The highest BCUT2D eigenvalue weighted by Gasteiger charge is 2.24. The molecular weight excluding hydrogens is 244 g/mol. The molecule has 3 rings (SSSR count). The highest BCUT2D eigenvalue weighted by Crippen LogP contribution is 2.27. The molecule has 0 saturated heterocycles. The number of urea groups is 1. The number of fused-ring (bicyclic) bond motifs is 1. The molecule has 6 heteroatoms. The van der Waals surface area contributed by atoms with E-state index in [9.17, 15) is 9.59 Å². The number of rotatable bonds is 1. The SMILES string of the molecule is O=C(Nc1ccc(=O)[nH]n1)N1CCc2ccccc21. The second-order valence-electron chi connectivity index (χ2n) is 4.27. The van der Waals surface area contributed by atoms with E-state index < -0.39 is 0 Å². The van der Waals surface area contributed by atoms with E-state index in [2.05, 4.69) is 15.5 Å². The monoisotopic (exact) mass is 256 g/mol. The van der Waals surface area contributed by atoms with Gasteiger partial charge in [-0.3, -0.25) is 15.0 Å². The van der Waals surface area contributed by atoms with E-state index in [1.54, 1.807) is 4.90 Å². The number of H-pyrrole nitrogens is 1. The summed E-state index contributed by atoms with van der Waals surface area (Å²) in [7, 11) is 0. The molecule has 0 bridgehead atoms. The number of aromatic amines is 1. The Labute approximate surface area is 109 Å². The Hall–Kier alpha value is -2.63. The minimum absolute atomic E-state index is 0.246. The molecule has 2 aromatic rings. The second-order valence-corrected chi connectivity index (χ2v) is 4.27. The summed E-state index contributed by atoms with van der Waals surface area (Å²) in [6.07, 6.45) is 0.850. The van der Waals surface area contributed by atoms with Crippen molar-refractivity contribution in [2.45, 2.75) is 6.42 Å². The molecule has 0 aliphatic carbocycles. The minimum Gasteiger partial charge on any atom is -0.294 e. The fraction of sp³-hybridized carbons (Fsp3) is 0.154.